The minimum Gasteiger partial charge on any atom is -0.316 e. The van der Waals surface area contributed by atoms with E-state index in [9.17, 15) is 0 Å². The number of hydrogen-bond donors (Lipinski definition) is 1. The largest absolute Gasteiger partial charge is 0.316 e. The first-order chi connectivity index (χ1) is 9.20. The van der Waals surface area contributed by atoms with E-state index in [1.165, 1.54) is 28.1 Å². The van der Waals surface area contributed by atoms with Crippen LogP contribution in [0.15, 0.2) is 23.6 Å². The van der Waals surface area contributed by atoms with E-state index in [1.54, 1.807) is 11.3 Å². The molecule has 0 bridgehead atoms. The Labute approximate surface area is 119 Å². The fourth-order valence-electron chi connectivity index (χ4n) is 1.96. The Bertz CT molecular complexity index is 531. The number of aromatic nitrogens is 1. The highest BCUT2D eigenvalue weighted by Crippen LogP contribution is 2.24. The highest BCUT2D eigenvalue weighted by molar-refractivity contribution is 7.09. The molecule has 0 amide bonds. The molecule has 0 spiro atoms. The van der Waals surface area contributed by atoms with Crippen molar-refractivity contribution in [3.05, 3.63) is 39.7 Å². The van der Waals surface area contributed by atoms with Gasteiger partial charge in [-0.1, -0.05) is 19.1 Å². The number of nitrogens with one attached hydrogen (secondary N) is 1. The van der Waals surface area contributed by atoms with Gasteiger partial charge in [-0.3, -0.25) is 0 Å². The van der Waals surface area contributed by atoms with E-state index in [1.807, 2.05) is 0 Å². The minimum atomic E-state index is 1.02. The number of rotatable bonds is 6. The topological polar surface area (TPSA) is 24.9 Å². The first kappa shape index (κ1) is 14.2. The summed E-state index contributed by atoms with van der Waals surface area (Å²) >= 11 is 1.76. The number of aryl methyl sites for hydroxylation is 2. The Hall–Kier alpha value is -1.19. The second-order valence-electron chi connectivity index (χ2n) is 4.93. The van der Waals surface area contributed by atoms with Gasteiger partial charge in [0.2, 0.25) is 0 Å². The maximum Gasteiger partial charge on any atom is 0.0945 e. The molecule has 0 unspecified atom stereocenters. The molecule has 1 aromatic heterocycles. The summed E-state index contributed by atoms with van der Waals surface area (Å²) in [5, 5.41) is 6.80. The maximum absolute atomic E-state index is 4.73. The van der Waals surface area contributed by atoms with Crippen molar-refractivity contribution in [2.24, 2.45) is 0 Å². The SMILES string of the molecule is CCCNCCc1nc(-c2ccc(C)c(C)c2)cs1. The Morgan fingerprint density at radius 1 is 1.16 bits per heavy atom. The second-order valence-corrected chi connectivity index (χ2v) is 5.87. The maximum atomic E-state index is 4.73. The molecule has 0 saturated carbocycles. The molecule has 0 radical (unpaired) electrons. The highest BCUT2D eigenvalue weighted by Gasteiger charge is 2.05. The lowest BCUT2D eigenvalue weighted by atomic mass is 10.1. The van der Waals surface area contributed by atoms with Crippen molar-refractivity contribution in [1.29, 1.82) is 0 Å². The molecule has 1 aromatic carbocycles. The minimum absolute atomic E-state index is 1.02. The van der Waals surface area contributed by atoms with Gasteiger partial charge in [-0.2, -0.15) is 0 Å². The quantitative estimate of drug-likeness (QED) is 0.806. The van der Waals surface area contributed by atoms with Crippen LogP contribution >= 0.6 is 11.3 Å². The fraction of sp³-hybridized carbons (Fsp3) is 0.438. The Morgan fingerprint density at radius 2 is 2.00 bits per heavy atom. The molecule has 0 fully saturated rings. The molecule has 0 aliphatic heterocycles. The summed E-state index contributed by atoms with van der Waals surface area (Å²) < 4.78 is 0. The molecule has 1 N–H and O–H groups in total. The summed E-state index contributed by atoms with van der Waals surface area (Å²) in [5.74, 6) is 0. The van der Waals surface area contributed by atoms with Gasteiger partial charge in [-0.25, -0.2) is 4.98 Å². The molecule has 0 aliphatic carbocycles. The van der Waals surface area contributed by atoms with E-state index < -0.39 is 0 Å². The van der Waals surface area contributed by atoms with Crippen molar-refractivity contribution in [2.75, 3.05) is 13.1 Å². The summed E-state index contributed by atoms with van der Waals surface area (Å²) in [7, 11) is 0. The van der Waals surface area contributed by atoms with Crippen LogP contribution in [-0.4, -0.2) is 18.1 Å². The molecule has 0 aliphatic rings. The number of hydrogen-bond acceptors (Lipinski definition) is 3. The third-order valence-corrected chi connectivity index (χ3v) is 4.21. The van der Waals surface area contributed by atoms with Gasteiger partial charge in [0.05, 0.1) is 10.7 Å². The zero-order valence-corrected chi connectivity index (χ0v) is 12.8. The van der Waals surface area contributed by atoms with Crippen molar-refractivity contribution in [3.8, 4) is 11.3 Å². The number of thiazole rings is 1. The van der Waals surface area contributed by atoms with Gasteiger partial charge in [0, 0.05) is 23.9 Å². The van der Waals surface area contributed by atoms with Gasteiger partial charge >= 0.3 is 0 Å². The average Bonchev–Trinajstić information content (AvgIpc) is 2.87. The lowest BCUT2D eigenvalue weighted by Gasteiger charge is -2.02. The van der Waals surface area contributed by atoms with Crippen molar-refractivity contribution >= 4 is 11.3 Å². The van der Waals surface area contributed by atoms with Crippen LogP contribution in [0.3, 0.4) is 0 Å². The predicted octanol–water partition coefficient (Wildman–Crippen LogP) is 3.97. The van der Waals surface area contributed by atoms with E-state index in [0.29, 0.717) is 0 Å². The summed E-state index contributed by atoms with van der Waals surface area (Å²) in [6, 6.07) is 6.56. The van der Waals surface area contributed by atoms with E-state index in [-0.39, 0.29) is 0 Å². The van der Waals surface area contributed by atoms with Crippen molar-refractivity contribution in [3.63, 3.8) is 0 Å². The molecule has 2 nitrogen and oxygen atoms in total. The molecule has 2 aromatic rings. The van der Waals surface area contributed by atoms with Gasteiger partial charge in [0.25, 0.3) is 0 Å². The summed E-state index contributed by atoms with van der Waals surface area (Å²) in [5.41, 5.74) is 5.00. The third-order valence-electron chi connectivity index (χ3n) is 3.30. The molecule has 19 heavy (non-hydrogen) atoms. The monoisotopic (exact) mass is 274 g/mol. The van der Waals surface area contributed by atoms with E-state index in [4.69, 9.17) is 4.98 Å². The van der Waals surface area contributed by atoms with Crippen LogP contribution in [0.1, 0.15) is 29.5 Å². The average molecular weight is 274 g/mol. The standard InChI is InChI=1S/C16H22N2S/c1-4-8-17-9-7-16-18-15(11-19-16)14-6-5-12(2)13(3)10-14/h5-6,10-11,17H,4,7-9H2,1-3H3. The zero-order chi connectivity index (χ0) is 13.7. The highest BCUT2D eigenvalue weighted by atomic mass is 32.1. The summed E-state index contributed by atoms with van der Waals surface area (Å²) in [4.78, 5) is 4.73. The van der Waals surface area contributed by atoms with Crippen LogP contribution in [0.5, 0.6) is 0 Å². The van der Waals surface area contributed by atoms with E-state index in [0.717, 1.165) is 25.2 Å². The molecule has 0 saturated heterocycles. The van der Waals surface area contributed by atoms with Crippen LogP contribution in [0, 0.1) is 13.8 Å². The molecule has 2 rings (SSSR count). The van der Waals surface area contributed by atoms with Crippen LogP contribution in [0.4, 0.5) is 0 Å². The summed E-state index contributed by atoms with van der Waals surface area (Å²) in [6.07, 6.45) is 2.21. The van der Waals surface area contributed by atoms with Crippen LogP contribution in [-0.2, 0) is 6.42 Å². The first-order valence-electron chi connectivity index (χ1n) is 6.93. The van der Waals surface area contributed by atoms with E-state index >= 15 is 0 Å². The van der Waals surface area contributed by atoms with Crippen molar-refractivity contribution in [2.45, 2.75) is 33.6 Å². The van der Waals surface area contributed by atoms with Crippen molar-refractivity contribution in [1.82, 2.24) is 10.3 Å². The van der Waals surface area contributed by atoms with E-state index in [2.05, 4.69) is 49.7 Å². The first-order valence-corrected chi connectivity index (χ1v) is 7.81. The molecule has 0 atom stereocenters. The van der Waals surface area contributed by atoms with Crippen molar-refractivity contribution < 1.29 is 0 Å². The second kappa shape index (κ2) is 6.83. The zero-order valence-electron chi connectivity index (χ0n) is 12.0. The number of benzene rings is 1. The Kier molecular flexibility index (Phi) is 5.11. The lowest BCUT2D eigenvalue weighted by Crippen LogP contribution is -2.17. The molecular weight excluding hydrogens is 252 g/mol. The normalized spacial score (nSPS) is 10.9. The van der Waals surface area contributed by atoms with Gasteiger partial charge in [0.1, 0.15) is 0 Å². The smallest absolute Gasteiger partial charge is 0.0945 e. The molecule has 102 valence electrons. The fourth-order valence-corrected chi connectivity index (χ4v) is 2.76. The van der Waals surface area contributed by atoms with Crippen LogP contribution in [0.25, 0.3) is 11.3 Å². The molecular formula is C16H22N2S. The van der Waals surface area contributed by atoms with Crippen LogP contribution in [0.2, 0.25) is 0 Å². The van der Waals surface area contributed by atoms with Gasteiger partial charge in [0.15, 0.2) is 0 Å². The number of nitrogens with zero attached hydrogens (tertiary/aromatic N) is 1. The van der Waals surface area contributed by atoms with Gasteiger partial charge in [-0.15, -0.1) is 11.3 Å². The third kappa shape index (κ3) is 3.88. The van der Waals surface area contributed by atoms with Gasteiger partial charge in [-0.05, 0) is 44.0 Å². The Balaban J connectivity index is 2.01. The lowest BCUT2D eigenvalue weighted by molar-refractivity contribution is 0.670. The summed E-state index contributed by atoms with van der Waals surface area (Å²) in [6.45, 7) is 8.60. The van der Waals surface area contributed by atoms with Gasteiger partial charge < -0.3 is 5.32 Å². The predicted molar refractivity (Wildman–Crippen MR) is 83.9 cm³/mol. The van der Waals surface area contributed by atoms with Crippen LogP contribution < -0.4 is 5.32 Å². The molecule has 1 heterocycles. The Morgan fingerprint density at radius 3 is 2.74 bits per heavy atom. The molecule has 3 heteroatoms.